The number of hydrogen-bond acceptors (Lipinski definition) is 3. The Kier molecular flexibility index (Phi) is 6.85. The Morgan fingerprint density at radius 1 is 1.24 bits per heavy atom. The van der Waals surface area contributed by atoms with Gasteiger partial charge in [-0.25, -0.2) is 0 Å². The van der Waals surface area contributed by atoms with Crippen LogP contribution < -0.4 is 0 Å². The number of ether oxygens (including phenoxy) is 1. The molecule has 0 aliphatic rings. The monoisotopic (exact) mass is 244 g/mol. The van der Waals surface area contributed by atoms with E-state index < -0.39 is 11.4 Å². The van der Waals surface area contributed by atoms with Crippen LogP contribution >= 0.6 is 0 Å². The number of rotatable bonds is 8. The first-order chi connectivity index (χ1) is 7.88. The highest BCUT2D eigenvalue weighted by molar-refractivity contribution is 5.82. The molecule has 0 aliphatic heterocycles. The summed E-state index contributed by atoms with van der Waals surface area (Å²) in [6, 6.07) is 0. The zero-order chi connectivity index (χ0) is 13.5. The van der Waals surface area contributed by atoms with E-state index in [1.165, 1.54) is 0 Å². The number of carbonyl (C=O) groups is 2. The van der Waals surface area contributed by atoms with Crippen molar-refractivity contribution in [1.82, 2.24) is 0 Å². The second-order valence-corrected chi connectivity index (χ2v) is 4.88. The lowest BCUT2D eigenvalue weighted by Crippen LogP contribution is -2.34. The Morgan fingerprint density at radius 3 is 2.12 bits per heavy atom. The lowest BCUT2D eigenvalue weighted by Gasteiger charge is -2.27. The van der Waals surface area contributed by atoms with Gasteiger partial charge in [-0.1, -0.05) is 27.7 Å². The molecular formula is C13H24O4. The molecule has 0 aliphatic carbocycles. The molecule has 0 aromatic rings. The molecule has 0 unspecified atom stereocenters. The van der Waals surface area contributed by atoms with Crippen molar-refractivity contribution < 1.29 is 19.4 Å². The van der Waals surface area contributed by atoms with Crippen molar-refractivity contribution >= 4 is 11.9 Å². The zero-order valence-electron chi connectivity index (χ0n) is 11.3. The Hall–Kier alpha value is -1.06. The summed E-state index contributed by atoms with van der Waals surface area (Å²) >= 11 is 0. The summed E-state index contributed by atoms with van der Waals surface area (Å²) in [6.45, 7) is 8.14. The topological polar surface area (TPSA) is 63.6 Å². The van der Waals surface area contributed by atoms with Gasteiger partial charge in [0.05, 0.1) is 18.4 Å². The Morgan fingerprint density at radius 2 is 1.76 bits per heavy atom. The van der Waals surface area contributed by atoms with E-state index in [1.54, 1.807) is 0 Å². The van der Waals surface area contributed by atoms with Crippen LogP contribution in [0.3, 0.4) is 0 Å². The lowest BCUT2D eigenvalue weighted by atomic mass is 9.79. The molecule has 4 nitrogen and oxygen atoms in total. The summed E-state index contributed by atoms with van der Waals surface area (Å²) in [6.07, 6.45) is 1.65. The van der Waals surface area contributed by atoms with Gasteiger partial charge in [0.25, 0.3) is 0 Å². The average Bonchev–Trinajstić information content (AvgIpc) is 2.24. The summed E-state index contributed by atoms with van der Waals surface area (Å²) < 4.78 is 5.20. The fraction of sp³-hybridized carbons (Fsp3) is 0.846. The number of esters is 1. The van der Waals surface area contributed by atoms with Gasteiger partial charge >= 0.3 is 11.9 Å². The molecule has 0 fully saturated rings. The molecule has 0 atom stereocenters. The summed E-state index contributed by atoms with van der Waals surface area (Å²) in [5.74, 6) is -0.847. The van der Waals surface area contributed by atoms with Crippen molar-refractivity contribution in [2.45, 2.75) is 53.4 Å². The zero-order valence-corrected chi connectivity index (χ0v) is 11.3. The van der Waals surface area contributed by atoms with Gasteiger partial charge < -0.3 is 9.84 Å². The highest BCUT2D eigenvalue weighted by atomic mass is 16.5. The smallest absolute Gasteiger partial charge is 0.312 e. The summed E-state index contributed by atoms with van der Waals surface area (Å²) in [7, 11) is 0. The van der Waals surface area contributed by atoms with Crippen LogP contribution in [-0.2, 0) is 14.3 Å². The Bertz CT molecular complexity index is 254. The summed E-state index contributed by atoms with van der Waals surface area (Å²) in [5, 5.41) is 8.87. The maximum Gasteiger partial charge on any atom is 0.312 e. The maximum absolute atomic E-state index is 12.0. The minimum Gasteiger partial charge on any atom is -0.481 e. The van der Waals surface area contributed by atoms with Crippen molar-refractivity contribution in [1.29, 1.82) is 0 Å². The van der Waals surface area contributed by atoms with Crippen LogP contribution in [0.2, 0.25) is 0 Å². The molecule has 0 amide bonds. The largest absolute Gasteiger partial charge is 0.481 e. The Labute approximate surface area is 103 Å². The van der Waals surface area contributed by atoms with E-state index in [9.17, 15) is 9.59 Å². The molecule has 0 saturated carbocycles. The second-order valence-electron chi connectivity index (χ2n) is 4.88. The molecule has 1 N–H and O–H groups in total. The molecular weight excluding hydrogens is 220 g/mol. The molecule has 100 valence electrons. The van der Waals surface area contributed by atoms with Crippen LogP contribution in [0.1, 0.15) is 53.4 Å². The summed E-state index contributed by atoms with van der Waals surface area (Å²) in [4.78, 5) is 22.8. The molecule has 0 rings (SSSR count). The van der Waals surface area contributed by atoms with Gasteiger partial charge in [-0.05, 0) is 25.2 Å². The fourth-order valence-electron chi connectivity index (χ4n) is 1.69. The predicted molar refractivity (Wildman–Crippen MR) is 65.7 cm³/mol. The van der Waals surface area contributed by atoms with Crippen LogP contribution in [0.15, 0.2) is 0 Å². The van der Waals surface area contributed by atoms with Gasteiger partial charge in [0, 0.05) is 0 Å². The average molecular weight is 244 g/mol. The van der Waals surface area contributed by atoms with E-state index in [0.29, 0.717) is 25.4 Å². The van der Waals surface area contributed by atoms with Crippen molar-refractivity contribution in [2.24, 2.45) is 11.3 Å². The maximum atomic E-state index is 12.0. The summed E-state index contributed by atoms with van der Waals surface area (Å²) in [5.41, 5.74) is -0.858. The number of carboxylic acids is 1. The van der Waals surface area contributed by atoms with E-state index in [0.717, 1.165) is 6.42 Å². The molecule has 0 aromatic carbocycles. The quantitative estimate of drug-likeness (QED) is 0.667. The molecule has 0 heterocycles. The van der Waals surface area contributed by atoms with E-state index >= 15 is 0 Å². The molecule has 0 bridgehead atoms. The standard InChI is InChI=1S/C13H24O4/c1-5-13(6-2,9-11(14)15)12(16)17-8-7-10(3)4/h10H,5-9H2,1-4H3,(H,14,15). The molecule has 0 aromatic heterocycles. The van der Waals surface area contributed by atoms with Crippen LogP contribution in [0.5, 0.6) is 0 Å². The van der Waals surface area contributed by atoms with E-state index in [4.69, 9.17) is 9.84 Å². The third-order valence-corrected chi connectivity index (χ3v) is 3.20. The van der Waals surface area contributed by atoms with Gasteiger partial charge in [0.15, 0.2) is 0 Å². The van der Waals surface area contributed by atoms with Gasteiger partial charge in [0.1, 0.15) is 0 Å². The van der Waals surface area contributed by atoms with Gasteiger partial charge in [-0.3, -0.25) is 9.59 Å². The number of carbonyl (C=O) groups excluding carboxylic acids is 1. The lowest BCUT2D eigenvalue weighted by molar-refractivity contribution is -0.162. The fourth-order valence-corrected chi connectivity index (χ4v) is 1.69. The number of aliphatic carboxylic acids is 1. The molecule has 4 heteroatoms. The number of carboxylic acid groups (broad SMARTS) is 1. The van der Waals surface area contributed by atoms with Crippen molar-refractivity contribution in [3.63, 3.8) is 0 Å². The second kappa shape index (κ2) is 7.30. The highest BCUT2D eigenvalue weighted by Gasteiger charge is 2.38. The normalized spacial score (nSPS) is 11.6. The van der Waals surface area contributed by atoms with E-state index in [2.05, 4.69) is 13.8 Å². The van der Waals surface area contributed by atoms with Crippen molar-refractivity contribution in [3.8, 4) is 0 Å². The minimum atomic E-state index is -0.950. The van der Waals surface area contributed by atoms with E-state index in [-0.39, 0.29) is 12.4 Å². The first kappa shape index (κ1) is 15.9. The number of hydrogen-bond donors (Lipinski definition) is 1. The van der Waals surface area contributed by atoms with Crippen LogP contribution in [-0.4, -0.2) is 23.7 Å². The molecule has 17 heavy (non-hydrogen) atoms. The van der Waals surface area contributed by atoms with Gasteiger partial charge in [0.2, 0.25) is 0 Å². The Balaban J connectivity index is 4.48. The molecule has 0 saturated heterocycles. The van der Waals surface area contributed by atoms with Gasteiger partial charge in [-0.15, -0.1) is 0 Å². The van der Waals surface area contributed by atoms with Gasteiger partial charge in [-0.2, -0.15) is 0 Å². The first-order valence-corrected chi connectivity index (χ1v) is 6.27. The highest BCUT2D eigenvalue weighted by Crippen LogP contribution is 2.32. The van der Waals surface area contributed by atoms with Crippen molar-refractivity contribution in [3.05, 3.63) is 0 Å². The van der Waals surface area contributed by atoms with E-state index in [1.807, 2.05) is 13.8 Å². The molecule has 0 radical (unpaired) electrons. The predicted octanol–water partition coefficient (Wildman–Crippen LogP) is 2.86. The van der Waals surface area contributed by atoms with Crippen LogP contribution in [0.4, 0.5) is 0 Å². The SMILES string of the molecule is CCC(CC)(CC(=O)O)C(=O)OCCC(C)C. The van der Waals surface area contributed by atoms with Crippen LogP contribution in [0.25, 0.3) is 0 Å². The third kappa shape index (κ3) is 5.20. The minimum absolute atomic E-state index is 0.152. The third-order valence-electron chi connectivity index (χ3n) is 3.20. The van der Waals surface area contributed by atoms with Crippen molar-refractivity contribution in [2.75, 3.05) is 6.61 Å². The molecule has 0 spiro atoms. The first-order valence-electron chi connectivity index (χ1n) is 6.27. The van der Waals surface area contributed by atoms with Crippen LogP contribution in [0, 0.1) is 11.3 Å².